The van der Waals surface area contributed by atoms with E-state index in [1.54, 1.807) is 37.3 Å². The number of rotatable bonds is 3. The predicted octanol–water partition coefficient (Wildman–Crippen LogP) is 2.87. The van der Waals surface area contributed by atoms with Gasteiger partial charge in [-0.05, 0) is 30.7 Å². The Hall–Kier alpha value is -2.07. The minimum Gasteiger partial charge on any atom is -0.335 e. The van der Waals surface area contributed by atoms with Gasteiger partial charge in [-0.25, -0.2) is 0 Å². The number of hydrogen-bond acceptors (Lipinski definition) is 2. The Labute approximate surface area is 128 Å². The fourth-order valence-corrected chi connectivity index (χ4v) is 2.25. The van der Waals surface area contributed by atoms with Crippen molar-refractivity contribution in [2.24, 2.45) is 7.05 Å². The van der Waals surface area contributed by atoms with E-state index in [0.717, 1.165) is 5.56 Å². The van der Waals surface area contributed by atoms with E-state index in [1.165, 1.54) is 10.6 Å². The molecule has 1 heterocycles. The first-order valence-corrected chi connectivity index (χ1v) is 6.97. The van der Waals surface area contributed by atoms with E-state index >= 15 is 0 Å². The van der Waals surface area contributed by atoms with Crippen LogP contribution < -0.4 is 5.56 Å². The molecule has 0 aliphatic rings. The standard InChI is InChI=1S/C16H17ClN2O2/c1-11(12-5-4-6-14(17)9-12)19(3)16(21)13-7-8-18(2)15(20)10-13/h4-11H,1-3H3. The van der Waals surface area contributed by atoms with Gasteiger partial charge in [0.25, 0.3) is 11.5 Å². The first kappa shape index (κ1) is 15.3. The van der Waals surface area contributed by atoms with Gasteiger partial charge in [0.15, 0.2) is 0 Å². The number of aromatic nitrogens is 1. The predicted molar refractivity (Wildman–Crippen MR) is 83.6 cm³/mol. The third-order valence-electron chi connectivity index (χ3n) is 3.58. The Balaban J connectivity index is 2.26. The number of carbonyl (C=O) groups is 1. The van der Waals surface area contributed by atoms with Crippen LogP contribution in [-0.2, 0) is 7.05 Å². The van der Waals surface area contributed by atoms with Crippen molar-refractivity contribution in [3.63, 3.8) is 0 Å². The van der Waals surface area contributed by atoms with Crippen molar-refractivity contribution in [3.8, 4) is 0 Å². The molecule has 21 heavy (non-hydrogen) atoms. The molecule has 4 nitrogen and oxygen atoms in total. The lowest BCUT2D eigenvalue weighted by molar-refractivity contribution is 0.0742. The fourth-order valence-electron chi connectivity index (χ4n) is 2.05. The highest BCUT2D eigenvalue weighted by Crippen LogP contribution is 2.23. The molecule has 0 fully saturated rings. The molecule has 110 valence electrons. The van der Waals surface area contributed by atoms with Gasteiger partial charge in [-0.2, -0.15) is 0 Å². The average molecular weight is 305 g/mol. The van der Waals surface area contributed by atoms with Gasteiger partial charge >= 0.3 is 0 Å². The topological polar surface area (TPSA) is 42.3 Å². The number of pyridine rings is 1. The summed E-state index contributed by atoms with van der Waals surface area (Å²) in [7, 11) is 3.36. The first-order chi connectivity index (χ1) is 9.90. The lowest BCUT2D eigenvalue weighted by Crippen LogP contribution is -2.31. The van der Waals surface area contributed by atoms with Gasteiger partial charge in [0.05, 0.1) is 6.04 Å². The maximum atomic E-state index is 12.5. The number of halogens is 1. The second-order valence-corrected chi connectivity index (χ2v) is 5.45. The molecule has 0 saturated heterocycles. The van der Waals surface area contributed by atoms with E-state index < -0.39 is 0 Å². The van der Waals surface area contributed by atoms with Crippen molar-refractivity contribution in [1.82, 2.24) is 9.47 Å². The zero-order valence-electron chi connectivity index (χ0n) is 12.2. The Morgan fingerprint density at radius 1 is 1.29 bits per heavy atom. The number of nitrogens with zero attached hydrogens (tertiary/aromatic N) is 2. The molecular weight excluding hydrogens is 288 g/mol. The van der Waals surface area contributed by atoms with Crippen molar-refractivity contribution >= 4 is 17.5 Å². The smallest absolute Gasteiger partial charge is 0.254 e. The second-order valence-electron chi connectivity index (χ2n) is 5.01. The third-order valence-corrected chi connectivity index (χ3v) is 3.82. The molecule has 0 aliphatic carbocycles. The van der Waals surface area contributed by atoms with Gasteiger partial charge < -0.3 is 9.47 Å². The number of benzene rings is 1. The molecule has 0 saturated carbocycles. The highest BCUT2D eigenvalue weighted by Gasteiger charge is 2.19. The summed E-state index contributed by atoms with van der Waals surface area (Å²) in [6.07, 6.45) is 1.59. The van der Waals surface area contributed by atoms with Crippen LogP contribution in [0.15, 0.2) is 47.4 Å². The summed E-state index contributed by atoms with van der Waals surface area (Å²) in [6, 6.07) is 10.3. The Bertz CT molecular complexity index is 724. The molecule has 1 amide bonds. The summed E-state index contributed by atoms with van der Waals surface area (Å²) >= 11 is 5.98. The zero-order valence-corrected chi connectivity index (χ0v) is 13.0. The largest absolute Gasteiger partial charge is 0.335 e. The molecule has 5 heteroatoms. The van der Waals surface area contributed by atoms with Crippen LogP contribution >= 0.6 is 11.6 Å². The average Bonchev–Trinajstić information content (AvgIpc) is 2.47. The van der Waals surface area contributed by atoms with Crippen molar-refractivity contribution in [3.05, 3.63) is 69.1 Å². The molecule has 0 N–H and O–H groups in total. The number of hydrogen-bond donors (Lipinski definition) is 0. The SMILES string of the molecule is CC(c1cccc(Cl)c1)N(C)C(=O)c1ccn(C)c(=O)c1. The molecule has 0 bridgehead atoms. The summed E-state index contributed by atoms with van der Waals surface area (Å²) in [5, 5.41) is 0.633. The van der Waals surface area contributed by atoms with Crippen LogP contribution in [0.25, 0.3) is 0 Å². The van der Waals surface area contributed by atoms with Crippen molar-refractivity contribution in [2.75, 3.05) is 7.05 Å². The number of carbonyl (C=O) groups excluding carboxylic acids is 1. The molecule has 2 aromatic rings. The van der Waals surface area contributed by atoms with Crippen molar-refractivity contribution in [2.45, 2.75) is 13.0 Å². The van der Waals surface area contributed by atoms with Crippen LogP contribution in [0.5, 0.6) is 0 Å². The van der Waals surface area contributed by atoms with E-state index in [9.17, 15) is 9.59 Å². The fraction of sp³-hybridized carbons (Fsp3) is 0.250. The van der Waals surface area contributed by atoms with E-state index in [1.807, 2.05) is 25.1 Å². The van der Waals surface area contributed by atoms with Crippen LogP contribution in [0.2, 0.25) is 5.02 Å². The monoisotopic (exact) mass is 304 g/mol. The maximum absolute atomic E-state index is 12.5. The van der Waals surface area contributed by atoms with Crippen LogP contribution in [0, 0.1) is 0 Å². The van der Waals surface area contributed by atoms with Gasteiger partial charge in [0.1, 0.15) is 0 Å². The molecule has 0 aliphatic heterocycles. The minimum absolute atomic E-state index is 0.139. The summed E-state index contributed by atoms with van der Waals surface area (Å²) in [4.78, 5) is 25.7. The van der Waals surface area contributed by atoms with Crippen LogP contribution in [-0.4, -0.2) is 22.4 Å². The van der Waals surface area contributed by atoms with Gasteiger partial charge in [0.2, 0.25) is 0 Å². The second kappa shape index (κ2) is 6.14. The molecule has 2 rings (SSSR count). The minimum atomic E-state index is -0.204. The van der Waals surface area contributed by atoms with E-state index in [-0.39, 0.29) is 17.5 Å². The van der Waals surface area contributed by atoms with Gasteiger partial charge in [-0.3, -0.25) is 9.59 Å². The molecule has 1 aromatic carbocycles. The molecule has 0 radical (unpaired) electrons. The quantitative estimate of drug-likeness (QED) is 0.875. The summed E-state index contributed by atoms with van der Waals surface area (Å²) < 4.78 is 1.43. The molecule has 0 spiro atoms. The normalized spacial score (nSPS) is 12.0. The molecular formula is C16H17ClN2O2. The number of amides is 1. The van der Waals surface area contributed by atoms with Crippen molar-refractivity contribution < 1.29 is 4.79 Å². The highest BCUT2D eigenvalue weighted by atomic mass is 35.5. The van der Waals surface area contributed by atoms with Crippen LogP contribution in [0.3, 0.4) is 0 Å². The molecule has 1 aromatic heterocycles. The Kier molecular flexibility index (Phi) is 4.48. The number of aryl methyl sites for hydroxylation is 1. The van der Waals surface area contributed by atoms with E-state index in [2.05, 4.69) is 0 Å². The van der Waals surface area contributed by atoms with Gasteiger partial charge in [-0.15, -0.1) is 0 Å². The summed E-state index contributed by atoms with van der Waals surface area (Å²) in [5.41, 5.74) is 1.13. The van der Waals surface area contributed by atoms with E-state index in [0.29, 0.717) is 10.6 Å². The summed E-state index contributed by atoms with van der Waals surface area (Å²) in [6.45, 7) is 1.92. The lowest BCUT2D eigenvalue weighted by Gasteiger charge is -2.25. The van der Waals surface area contributed by atoms with Gasteiger partial charge in [-0.1, -0.05) is 23.7 Å². The Morgan fingerprint density at radius 3 is 2.62 bits per heavy atom. The lowest BCUT2D eigenvalue weighted by atomic mass is 10.1. The first-order valence-electron chi connectivity index (χ1n) is 6.59. The van der Waals surface area contributed by atoms with Crippen LogP contribution in [0.1, 0.15) is 28.9 Å². The van der Waals surface area contributed by atoms with Gasteiger partial charge in [0, 0.05) is 36.9 Å². The van der Waals surface area contributed by atoms with Crippen molar-refractivity contribution in [1.29, 1.82) is 0 Å². The summed E-state index contributed by atoms with van der Waals surface area (Å²) in [5.74, 6) is -0.194. The Morgan fingerprint density at radius 2 is 2.00 bits per heavy atom. The van der Waals surface area contributed by atoms with Crippen LogP contribution in [0.4, 0.5) is 0 Å². The maximum Gasteiger partial charge on any atom is 0.254 e. The molecule has 1 atom stereocenters. The highest BCUT2D eigenvalue weighted by molar-refractivity contribution is 6.30. The molecule has 1 unspecified atom stereocenters. The third kappa shape index (κ3) is 3.34. The van der Waals surface area contributed by atoms with E-state index in [4.69, 9.17) is 11.6 Å². The zero-order chi connectivity index (χ0) is 15.6.